The Morgan fingerprint density at radius 2 is 2.07 bits per heavy atom. The summed E-state index contributed by atoms with van der Waals surface area (Å²) in [5, 5.41) is 9.94. The Hall–Kier alpha value is -2.48. The molecule has 1 saturated carbocycles. The van der Waals surface area contributed by atoms with Gasteiger partial charge in [0.2, 0.25) is 5.91 Å². The Bertz CT molecular complexity index is 896. The van der Waals surface area contributed by atoms with Crippen molar-refractivity contribution in [1.29, 1.82) is 0 Å². The van der Waals surface area contributed by atoms with Gasteiger partial charge in [-0.25, -0.2) is 4.79 Å². The second-order valence-corrected chi connectivity index (χ2v) is 7.38. The van der Waals surface area contributed by atoms with Crippen molar-refractivity contribution in [3.8, 4) is 11.4 Å². The van der Waals surface area contributed by atoms with Gasteiger partial charge in [-0.15, -0.1) is 0 Å². The summed E-state index contributed by atoms with van der Waals surface area (Å²) in [6, 6.07) is 7.83. The Morgan fingerprint density at radius 1 is 1.33 bits per heavy atom. The van der Waals surface area contributed by atoms with E-state index >= 15 is 0 Å². The van der Waals surface area contributed by atoms with Crippen LogP contribution in [-0.2, 0) is 20.9 Å². The van der Waals surface area contributed by atoms with E-state index in [1.807, 2.05) is 31.2 Å². The molecule has 0 aliphatic heterocycles. The van der Waals surface area contributed by atoms with Gasteiger partial charge in [-0.1, -0.05) is 43.0 Å². The number of aryl methyl sites for hydroxylation is 1. The van der Waals surface area contributed by atoms with Gasteiger partial charge in [0.1, 0.15) is 12.1 Å². The van der Waals surface area contributed by atoms with Gasteiger partial charge in [-0.3, -0.25) is 14.5 Å². The van der Waals surface area contributed by atoms with Crippen molar-refractivity contribution >= 4 is 24.1 Å². The molecule has 2 N–H and O–H groups in total. The van der Waals surface area contributed by atoms with Gasteiger partial charge in [0.05, 0.1) is 7.11 Å². The Labute approximate surface area is 163 Å². The summed E-state index contributed by atoms with van der Waals surface area (Å²) in [5.41, 5.74) is 1.01. The topological polar surface area (TPSA) is 89.0 Å². The largest absolute Gasteiger partial charge is 0.467 e. The van der Waals surface area contributed by atoms with Gasteiger partial charge in [0.15, 0.2) is 10.6 Å². The Balaban J connectivity index is 1.83. The molecule has 7 nitrogen and oxygen atoms in total. The second-order valence-electron chi connectivity index (χ2n) is 6.99. The standard InChI is InChI=1S/C19H24N4O3S/c1-13-7-6-8-14(11-13)16-21-22-18(27)23(16)12-15(24)20-19(17(25)26-2)9-4-3-5-10-19/h6-8,11H,3-5,9-10,12H2,1-2H3,(H,20,24)(H,22,27). The molecule has 1 fully saturated rings. The number of benzene rings is 1. The monoisotopic (exact) mass is 388 g/mol. The summed E-state index contributed by atoms with van der Waals surface area (Å²) in [7, 11) is 1.35. The van der Waals surface area contributed by atoms with Crippen LogP contribution in [0.25, 0.3) is 11.4 Å². The Kier molecular flexibility index (Phi) is 5.74. The van der Waals surface area contributed by atoms with E-state index in [0.717, 1.165) is 30.4 Å². The number of aromatic nitrogens is 3. The molecule has 27 heavy (non-hydrogen) atoms. The molecule has 0 saturated heterocycles. The highest BCUT2D eigenvalue weighted by atomic mass is 32.1. The van der Waals surface area contributed by atoms with E-state index in [0.29, 0.717) is 23.4 Å². The van der Waals surface area contributed by atoms with Crippen molar-refractivity contribution in [1.82, 2.24) is 20.1 Å². The molecule has 1 aromatic carbocycles. The van der Waals surface area contributed by atoms with Crippen LogP contribution >= 0.6 is 12.2 Å². The molecule has 144 valence electrons. The van der Waals surface area contributed by atoms with Crippen LogP contribution in [0, 0.1) is 11.7 Å². The number of nitrogens with zero attached hydrogens (tertiary/aromatic N) is 2. The Morgan fingerprint density at radius 3 is 2.74 bits per heavy atom. The van der Waals surface area contributed by atoms with Gasteiger partial charge in [0.25, 0.3) is 0 Å². The summed E-state index contributed by atoms with van der Waals surface area (Å²) >= 11 is 5.30. The molecule has 2 aromatic rings. The zero-order valence-electron chi connectivity index (χ0n) is 15.6. The summed E-state index contributed by atoms with van der Waals surface area (Å²) in [4.78, 5) is 25.1. The van der Waals surface area contributed by atoms with Crippen LogP contribution in [0.15, 0.2) is 24.3 Å². The van der Waals surface area contributed by atoms with Gasteiger partial charge < -0.3 is 10.1 Å². The van der Waals surface area contributed by atoms with E-state index in [9.17, 15) is 9.59 Å². The van der Waals surface area contributed by atoms with E-state index in [1.165, 1.54) is 7.11 Å². The van der Waals surface area contributed by atoms with Crippen molar-refractivity contribution in [3.05, 3.63) is 34.6 Å². The number of amides is 1. The first kappa shape index (κ1) is 19.3. The van der Waals surface area contributed by atoms with Crippen LogP contribution in [0.2, 0.25) is 0 Å². The maximum atomic E-state index is 12.8. The number of rotatable bonds is 5. The highest BCUT2D eigenvalue weighted by Gasteiger charge is 2.42. The highest BCUT2D eigenvalue weighted by molar-refractivity contribution is 7.71. The minimum atomic E-state index is -0.945. The summed E-state index contributed by atoms with van der Waals surface area (Å²) in [5.74, 6) is -0.0754. The first-order chi connectivity index (χ1) is 12.9. The molecule has 3 rings (SSSR count). The third-order valence-corrected chi connectivity index (χ3v) is 5.31. The zero-order valence-corrected chi connectivity index (χ0v) is 16.4. The van der Waals surface area contributed by atoms with E-state index < -0.39 is 5.54 Å². The first-order valence-electron chi connectivity index (χ1n) is 9.07. The molecule has 0 radical (unpaired) electrons. The van der Waals surface area contributed by atoms with Crippen LogP contribution in [0.4, 0.5) is 0 Å². The molecule has 1 heterocycles. The minimum Gasteiger partial charge on any atom is -0.467 e. The maximum absolute atomic E-state index is 12.8. The van der Waals surface area contributed by atoms with Gasteiger partial charge in [-0.2, -0.15) is 5.10 Å². The molecule has 0 atom stereocenters. The van der Waals surface area contributed by atoms with E-state index in [4.69, 9.17) is 17.0 Å². The molecule has 1 aliphatic rings. The number of carbonyl (C=O) groups excluding carboxylic acids is 2. The third kappa shape index (κ3) is 4.10. The van der Waals surface area contributed by atoms with Gasteiger partial charge in [-0.05, 0) is 38.0 Å². The fourth-order valence-electron chi connectivity index (χ4n) is 3.65. The molecule has 1 aromatic heterocycles. The molecule has 0 bridgehead atoms. The number of hydrogen-bond acceptors (Lipinski definition) is 5. The van der Waals surface area contributed by atoms with Crippen LogP contribution in [0.5, 0.6) is 0 Å². The van der Waals surface area contributed by atoms with Crippen LogP contribution < -0.4 is 5.32 Å². The normalized spacial score (nSPS) is 15.9. The zero-order chi connectivity index (χ0) is 19.4. The minimum absolute atomic E-state index is 0.0165. The average molecular weight is 388 g/mol. The number of nitrogens with one attached hydrogen (secondary N) is 2. The maximum Gasteiger partial charge on any atom is 0.331 e. The predicted molar refractivity (Wildman–Crippen MR) is 104 cm³/mol. The molecule has 8 heteroatoms. The van der Waals surface area contributed by atoms with Gasteiger partial charge in [0, 0.05) is 5.56 Å². The summed E-state index contributed by atoms with van der Waals surface area (Å²) in [6.07, 6.45) is 4.00. The van der Waals surface area contributed by atoms with Crippen molar-refractivity contribution in [3.63, 3.8) is 0 Å². The molecular weight excluding hydrogens is 364 g/mol. The molecular formula is C19H24N4O3S. The summed E-state index contributed by atoms with van der Waals surface area (Å²) < 4.78 is 6.96. The van der Waals surface area contributed by atoms with E-state index in [-0.39, 0.29) is 18.4 Å². The lowest BCUT2D eigenvalue weighted by molar-refractivity contribution is -0.152. The number of carbonyl (C=O) groups is 2. The number of ether oxygens (including phenoxy) is 1. The third-order valence-electron chi connectivity index (χ3n) is 5.00. The molecule has 0 unspecified atom stereocenters. The number of methoxy groups -OCH3 is 1. The fraction of sp³-hybridized carbons (Fsp3) is 0.474. The summed E-state index contributed by atoms with van der Waals surface area (Å²) in [6.45, 7) is 1.97. The number of aromatic amines is 1. The number of H-pyrrole nitrogens is 1. The van der Waals surface area contributed by atoms with Crippen molar-refractivity contribution < 1.29 is 14.3 Å². The van der Waals surface area contributed by atoms with Crippen molar-refractivity contribution in [2.75, 3.05) is 7.11 Å². The number of esters is 1. The van der Waals surface area contributed by atoms with Crippen LogP contribution in [0.3, 0.4) is 0 Å². The predicted octanol–water partition coefficient (Wildman–Crippen LogP) is 2.91. The SMILES string of the molecule is COC(=O)C1(NC(=O)Cn2c(-c3cccc(C)c3)n[nH]c2=S)CCCCC1. The second kappa shape index (κ2) is 8.04. The molecule has 0 spiro atoms. The highest BCUT2D eigenvalue weighted by Crippen LogP contribution is 2.29. The molecule has 1 aliphatic carbocycles. The van der Waals surface area contributed by atoms with Gasteiger partial charge >= 0.3 is 5.97 Å². The quantitative estimate of drug-likeness (QED) is 0.607. The lowest BCUT2D eigenvalue weighted by Crippen LogP contribution is -2.56. The number of hydrogen-bond donors (Lipinski definition) is 2. The van der Waals surface area contributed by atoms with E-state index in [1.54, 1.807) is 4.57 Å². The smallest absolute Gasteiger partial charge is 0.331 e. The lowest BCUT2D eigenvalue weighted by atomic mass is 9.81. The fourth-order valence-corrected chi connectivity index (χ4v) is 3.85. The van der Waals surface area contributed by atoms with E-state index in [2.05, 4.69) is 15.5 Å². The first-order valence-corrected chi connectivity index (χ1v) is 9.48. The van der Waals surface area contributed by atoms with Crippen LogP contribution in [0.1, 0.15) is 37.7 Å². The van der Waals surface area contributed by atoms with Crippen molar-refractivity contribution in [2.24, 2.45) is 0 Å². The van der Waals surface area contributed by atoms with Crippen LogP contribution in [-0.4, -0.2) is 39.3 Å². The average Bonchev–Trinajstić information content (AvgIpc) is 3.02. The van der Waals surface area contributed by atoms with Crippen molar-refractivity contribution in [2.45, 2.75) is 51.1 Å². The molecule has 1 amide bonds. The lowest BCUT2D eigenvalue weighted by Gasteiger charge is -2.35.